The monoisotopic (exact) mass is 421 g/mol. The van der Waals surface area contributed by atoms with Crippen LogP contribution >= 0.6 is 0 Å². The summed E-state index contributed by atoms with van der Waals surface area (Å²) in [5.74, 6) is 0.627. The number of aryl methyl sites for hydroxylation is 1. The van der Waals surface area contributed by atoms with Crippen LogP contribution in [-0.2, 0) is 17.1 Å². The lowest BCUT2D eigenvalue weighted by Gasteiger charge is -2.18. The first-order chi connectivity index (χ1) is 13.9. The summed E-state index contributed by atoms with van der Waals surface area (Å²) in [6.07, 6.45) is 5.28. The summed E-state index contributed by atoms with van der Waals surface area (Å²) in [5, 5.41) is 2.78. The van der Waals surface area contributed by atoms with Gasteiger partial charge in [0.25, 0.3) is 5.91 Å². The van der Waals surface area contributed by atoms with Gasteiger partial charge in [-0.15, -0.1) is 0 Å². The molecule has 29 heavy (non-hydrogen) atoms. The number of methoxy groups -OCH3 is 2. The highest BCUT2D eigenvalue weighted by molar-refractivity contribution is 7.89. The third kappa shape index (κ3) is 4.56. The summed E-state index contributed by atoms with van der Waals surface area (Å²) in [6.45, 7) is 1.03. The molecule has 0 saturated carbocycles. The summed E-state index contributed by atoms with van der Waals surface area (Å²) in [7, 11) is 1.07. The predicted octanol–water partition coefficient (Wildman–Crippen LogP) is 2.86. The van der Waals surface area contributed by atoms with Crippen molar-refractivity contribution in [1.82, 2.24) is 8.87 Å². The number of benzene rings is 1. The van der Waals surface area contributed by atoms with Crippen molar-refractivity contribution in [2.45, 2.75) is 30.6 Å². The molecule has 2 heterocycles. The average molecular weight is 422 g/mol. The summed E-state index contributed by atoms with van der Waals surface area (Å²) in [5.41, 5.74) is 0.715. The molecular weight excluding hydrogens is 394 g/mol. The fourth-order valence-corrected chi connectivity index (χ4v) is 5.01. The van der Waals surface area contributed by atoms with Gasteiger partial charge in [0.2, 0.25) is 10.0 Å². The summed E-state index contributed by atoms with van der Waals surface area (Å²) >= 11 is 0. The maximum atomic E-state index is 13.0. The van der Waals surface area contributed by atoms with E-state index in [4.69, 9.17) is 9.47 Å². The van der Waals surface area contributed by atoms with Crippen molar-refractivity contribution in [3.8, 4) is 11.5 Å². The number of nitrogens with zero attached hydrogens (tertiary/aromatic N) is 2. The molecule has 1 aromatic heterocycles. The van der Waals surface area contributed by atoms with Crippen molar-refractivity contribution in [3.05, 3.63) is 36.2 Å². The fraction of sp³-hybridized carbons (Fsp3) is 0.450. The number of carbonyl (C=O) groups is 1. The van der Waals surface area contributed by atoms with Gasteiger partial charge in [-0.25, -0.2) is 8.42 Å². The topological polar surface area (TPSA) is 89.9 Å². The van der Waals surface area contributed by atoms with Gasteiger partial charge in [-0.3, -0.25) is 4.79 Å². The minimum absolute atomic E-state index is 0.133. The van der Waals surface area contributed by atoms with Crippen LogP contribution in [0.15, 0.2) is 35.4 Å². The highest BCUT2D eigenvalue weighted by Crippen LogP contribution is 2.30. The highest BCUT2D eigenvalue weighted by atomic mass is 32.2. The zero-order valence-corrected chi connectivity index (χ0v) is 17.8. The number of aromatic nitrogens is 1. The third-order valence-corrected chi connectivity index (χ3v) is 6.94. The first-order valence-corrected chi connectivity index (χ1v) is 11.0. The number of ether oxygens (including phenoxy) is 2. The summed E-state index contributed by atoms with van der Waals surface area (Å²) in [6, 6.07) is 6.47. The van der Waals surface area contributed by atoms with Crippen LogP contribution < -0.4 is 14.8 Å². The molecule has 1 fully saturated rings. The Kier molecular flexibility index (Phi) is 6.49. The molecule has 1 aliphatic heterocycles. The van der Waals surface area contributed by atoms with Crippen molar-refractivity contribution >= 4 is 21.6 Å². The Balaban J connectivity index is 1.83. The molecule has 158 valence electrons. The number of amides is 1. The van der Waals surface area contributed by atoms with Gasteiger partial charge >= 0.3 is 0 Å². The second-order valence-corrected chi connectivity index (χ2v) is 8.95. The molecule has 0 radical (unpaired) electrons. The first kappa shape index (κ1) is 21.2. The van der Waals surface area contributed by atoms with Gasteiger partial charge in [-0.05, 0) is 31.0 Å². The van der Waals surface area contributed by atoms with Crippen molar-refractivity contribution in [2.75, 3.05) is 32.6 Å². The molecule has 3 rings (SSSR count). The third-order valence-electron chi connectivity index (χ3n) is 5.07. The number of carbonyl (C=O) groups excluding carboxylic acids is 1. The molecule has 8 nitrogen and oxygen atoms in total. The highest BCUT2D eigenvalue weighted by Gasteiger charge is 2.28. The van der Waals surface area contributed by atoms with Gasteiger partial charge in [0, 0.05) is 32.4 Å². The van der Waals surface area contributed by atoms with E-state index >= 15 is 0 Å². The Bertz CT molecular complexity index is 976. The smallest absolute Gasteiger partial charge is 0.272 e. The van der Waals surface area contributed by atoms with Crippen LogP contribution in [0.4, 0.5) is 5.69 Å². The van der Waals surface area contributed by atoms with Crippen molar-refractivity contribution in [2.24, 2.45) is 7.05 Å². The van der Waals surface area contributed by atoms with E-state index in [-0.39, 0.29) is 10.6 Å². The second-order valence-electron chi connectivity index (χ2n) is 7.01. The van der Waals surface area contributed by atoms with E-state index in [1.165, 1.54) is 28.2 Å². The molecule has 0 bridgehead atoms. The Labute approximate surface area is 171 Å². The number of nitrogens with one attached hydrogen (secondary N) is 1. The van der Waals surface area contributed by atoms with Crippen molar-refractivity contribution in [1.29, 1.82) is 0 Å². The molecule has 9 heteroatoms. The van der Waals surface area contributed by atoms with Crippen LogP contribution in [-0.4, -0.2) is 50.5 Å². The molecule has 1 saturated heterocycles. The van der Waals surface area contributed by atoms with Crippen LogP contribution in [0.5, 0.6) is 11.5 Å². The number of rotatable bonds is 6. The number of sulfonamides is 1. The Morgan fingerprint density at radius 2 is 1.72 bits per heavy atom. The van der Waals surface area contributed by atoms with Crippen molar-refractivity contribution in [3.63, 3.8) is 0 Å². The van der Waals surface area contributed by atoms with Gasteiger partial charge in [0.1, 0.15) is 22.1 Å². The number of hydrogen-bond donors (Lipinski definition) is 1. The quantitative estimate of drug-likeness (QED) is 0.775. The van der Waals surface area contributed by atoms with E-state index in [0.717, 1.165) is 25.7 Å². The first-order valence-electron chi connectivity index (χ1n) is 9.56. The van der Waals surface area contributed by atoms with Gasteiger partial charge in [-0.2, -0.15) is 4.31 Å². The largest absolute Gasteiger partial charge is 0.497 e. The molecule has 0 aliphatic carbocycles. The minimum Gasteiger partial charge on any atom is -0.497 e. The molecule has 2 aromatic rings. The van der Waals surface area contributed by atoms with Gasteiger partial charge in [0.15, 0.2) is 0 Å². The molecule has 1 N–H and O–H groups in total. The zero-order chi connectivity index (χ0) is 21.0. The predicted molar refractivity (Wildman–Crippen MR) is 110 cm³/mol. The maximum absolute atomic E-state index is 13.0. The average Bonchev–Trinajstić information content (AvgIpc) is 2.92. The minimum atomic E-state index is -3.62. The summed E-state index contributed by atoms with van der Waals surface area (Å²) < 4.78 is 39.5. The van der Waals surface area contributed by atoms with Crippen LogP contribution in [0.25, 0.3) is 0 Å². The number of hydrogen-bond acceptors (Lipinski definition) is 5. The van der Waals surface area contributed by atoms with Gasteiger partial charge in [0.05, 0.1) is 19.9 Å². The Morgan fingerprint density at radius 3 is 2.34 bits per heavy atom. The second kappa shape index (κ2) is 8.87. The zero-order valence-electron chi connectivity index (χ0n) is 17.0. The van der Waals surface area contributed by atoms with Gasteiger partial charge in [-0.1, -0.05) is 12.8 Å². The standard InChI is InChI=1S/C20H27N3O5S/c1-22-14-16(29(25,26)23-10-6-4-5-7-11-23)13-18(22)20(24)21-17-9-8-15(27-2)12-19(17)28-3/h8-9,12-14H,4-7,10-11H2,1-3H3,(H,21,24). The molecule has 0 unspecified atom stereocenters. The van der Waals surface area contributed by atoms with Crippen LogP contribution in [0.2, 0.25) is 0 Å². The van der Waals surface area contributed by atoms with E-state index in [2.05, 4.69) is 5.32 Å². The van der Waals surface area contributed by atoms with E-state index in [1.807, 2.05) is 0 Å². The van der Waals surface area contributed by atoms with Crippen LogP contribution in [0.3, 0.4) is 0 Å². The van der Waals surface area contributed by atoms with E-state index in [1.54, 1.807) is 32.4 Å². The fourth-order valence-electron chi connectivity index (χ4n) is 3.42. The van der Waals surface area contributed by atoms with E-state index in [0.29, 0.717) is 30.3 Å². The van der Waals surface area contributed by atoms with Crippen LogP contribution in [0.1, 0.15) is 36.2 Å². The summed E-state index contributed by atoms with van der Waals surface area (Å²) in [4.78, 5) is 12.9. The molecular formula is C20H27N3O5S. The Hall–Kier alpha value is -2.52. The van der Waals surface area contributed by atoms with Gasteiger partial charge < -0.3 is 19.4 Å². The lowest BCUT2D eigenvalue weighted by molar-refractivity contribution is 0.101. The molecule has 0 atom stereocenters. The molecule has 0 spiro atoms. The molecule has 1 amide bonds. The lowest BCUT2D eigenvalue weighted by atomic mass is 10.2. The molecule has 1 aliphatic rings. The Morgan fingerprint density at radius 1 is 1.03 bits per heavy atom. The van der Waals surface area contributed by atoms with E-state index in [9.17, 15) is 13.2 Å². The maximum Gasteiger partial charge on any atom is 0.272 e. The van der Waals surface area contributed by atoms with Crippen LogP contribution in [0, 0.1) is 0 Å². The lowest BCUT2D eigenvalue weighted by Crippen LogP contribution is -2.31. The van der Waals surface area contributed by atoms with Crippen molar-refractivity contribution < 1.29 is 22.7 Å². The molecule has 1 aromatic carbocycles. The number of anilines is 1. The SMILES string of the molecule is COc1ccc(NC(=O)c2cc(S(=O)(=O)N3CCCCCC3)cn2C)c(OC)c1. The van der Waals surface area contributed by atoms with E-state index < -0.39 is 15.9 Å². The normalized spacial score (nSPS) is 15.6.